The molecule has 2 fully saturated rings. The third kappa shape index (κ3) is 6.35. The molecule has 2 aliphatic rings. The van der Waals surface area contributed by atoms with Crippen molar-refractivity contribution in [2.24, 2.45) is 0 Å². The summed E-state index contributed by atoms with van der Waals surface area (Å²) in [5, 5.41) is 27.3. The summed E-state index contributed by atoms with van der Waals surface area (Å²) < 4.78 is 0. The van der Waals surface area contributed by atoms with Crippen LogP contribution in [0.15, 0.2) is 66.9 Å². The fourth-order valence-corrected chi connectivity index (χ4v) is 5.86. The minimum absolute atomic E-state index is 0.333. The summed E-state index contributed by atoms with van der Waals surface area (Å²) in [6.45, 7) is 5.68. The fourth-order valence-electron chi connectivity index (χ4n) is 5.86. The molecule has 1 saturated carbocycles. The molecule has 0 amide bonds. The molecule has 3 atom stereocenters. The van der Waals surface area contributed by atoms with Crippen LogP contribution in [0.5, 0.6) is 0 Å². The zero-order chi connectivity index (χ0) is 26.5. The van der Waals surface area contributed by atoms with Gasteiger partial charge in [-0.25, -0.2) is 4.98 Å². The first-order valence-electron chi connectivity index (χ1n) is 14.0. The number of nitriles is 1. The molecule has 1 saturated heterocycles. The maximum absolute atomic E-state index is 10.5. The summed E-state index contributed by atoms with van der Waals surface area (Å²) in [5.41, 5.74) is 4.11. The van der Waals surface area contributed by atoms with Gasteiger partial charge in [0.25, 0.3) is 0 Å². The van der Waals surface area contributed by atoms with Crippen molar-refractivity contribution in [3.05, 3.63) is 78.0 Å². The maximum atomic E-state index is 10.5. The standard InChI is InChI=1S/C32H39N5O/c1-32(2,38)26-8-5-7-24(19-26)25-16-17-34-31(20-25)36-30-11-4-3-10-29(30)35-27-9-6-18-37(22-27)28-14-12-23(21-33)13-15-28/h5,7-8,12-17,19-20,27,29-30,35,38H,3-4,6,9-11,18,22H2,1-2H3,(H,34,36)/t27-,29+,30+/m0/s1. The molecule has 2 heterocycles. The molecule has 6 nitrogen and oxygen atoms in total. The first-order chi connectivity index (χ1) is 18.4. The Hall–Kier alpha value is -3.40. The van der Waals surface area contributed by atoms with Crippen LogP contribution < -0.4 is 15.5 Å². The van der Waals surface area contributed by atoms with Crippen molar-refractivity contribution in [2.75, 3.05) is 23.3 Å². The molecular weight excluding hydrogens is 470 g/mol. The molecule has 38 heavy (non-hydrogen) atoms. The lowest BCUT2D eigenvalue weighted by Gasteiger charge is -2.40. The largest absolute Gasteiger partial charge is 0.386 e. The Bertz CT molecular complexity index is 1260. The number of nitrogens with zero attached hydrogens (tertiary/aromatic N) is 3. The Labute approximate surface area is 226 Å². The van der Waals surface area contributed by atoms with E-state index < -0.39 is 5.60 Å². The Kier molecular flexibility index (Phi) is 7.97. The van der Waals surface area contributed by atoms with E-state index in [0.29, 0.717) is 23.7 Å². The van der Waals surface area contributed by atoms with Gasteiger partial charge in [0.05, 0.1) is 17.2 Å². The second kappa shape index (κ2) is 11.6. The first kappa shape index (κ1) is 26.2. The lowest BCUT2D eigenvalue weighted by Crippen LogP contribution is -2.54. The van der Waals surface area contributed by atoms with E-state index in [1.807, 2.05) is 50.4 Å². The normalized spacial score (nSPS) is 22.1. The Balaban J connectivity index is 1.25. The number of aliphatic hydroxyl groups is 1. The second-order valence-corrected chi connectivity index (χ2v) is 11.3. The SMILES string of the molecule is CC(C)(O)c1cccc(-c2ccnc(N[C@@H]3CCCC[C@H]3N[C@H]3CCCN(c4ccc(C#N)cc4)C3)c2)c1. The maximum Gasteiger partial charge on any atom is 0.126 e. The van der Waals surface area contributed by atoms with Gasteiger partial charge in [-0.15, -0.1) is 0 Å². The number of pyridine rings is 1. The molecule has 2 aromatic carbocycles. The summed E-state index contributed by atoms with van der Waals surface area (Å²) in [6.07, 6.45) is 8.99. The van der Waals surface area contributed by atoms with Crippen LogP contribution in [0.25, 0.3) is 11.1 Å². The molecule has 0 spiro atoms. The Morgan fingerprint density at radius 3 is 2.47 bits per heavy atom. The van der Waals surface area contributed by atoms with Gasteiger partial charge in [-0.2, -0.15) is 5.26 Å². The number of piperidine rings is 1. The Morgan fingerprint density at radius 2 is 1.71 bits per heavy atom. The molecule has 6 heteroatoms. The molecule has 3 N–H and O–H groups in total. The van der Waals surface area contributed by atoms with Crippen LogP contribution >= 0.6 is 0 Å². The third-order valence-electron chi connectivity index (χ3n) is 7.99. The summed E-state index contributed by atoms with van der Waals surface area (Å²) in [7, 11) is 0. The molecule has 0 unspecified atom stereocenters. The molecule has 5 rings (SSSR count). The van der Waals surface area contributed by atoms with Crippen molar-refractivity contribution in [1.82, 2.24) is 10.3 Å². The number of rotatable bonds is 7. The average Bonchev–Trinajstić information content (AvgIpc) is 2.94. The number of aromatic nitrogens is 1. The number of hydrogen-bond donors (Lipinski definition) is 3. The van der Waals surface area contributed by atoms with Gasteiger partial charge in [-0.05, 0) is 98.7 Å². The van der Waals surface area contributed by atoms with Crippen molar-refractivity contribution >= 4 is 11.5 Å². The van der Waals surface area contributed by atoms with Gasteiger partial charge in [0.1, 0.15) is 5.82 Å². The third-order valence-corrected chi connectivity index (χ3v) is 7.99. The summed E-state index contributed by atoms with van der Waals surface area (Å²) >= 11 is 0. The van der Waals surface area contributed by atoms with Crippen LogP contribution in [0, 0.1) is 11.3 Å². The number of nitrogens with one attached hydrogen (secondary N) is 2. The lowest BCUT2D eigenvalue weighted by atomic mass is 9.89. The molecule has 3 aromatic rings. The highest BCUT2D eigenvalue weighted by Crippen LogP contribution is 2.29. The van der Waals surface area contributed by atoms with E-state index in [1.54, 1.807) is 0 Å². The van der Waals surface area contributed by atoms with Crippen molar-refractivity contribution in [2.45, 2.75) is 76.1 Å². The molecule has 1 aromatic heterocycles. The quantitative estimate of drug-likeness (QED) is 0.372. The molecule has 0 radical (unpaired) electrons. The molecular formula is C32H39N5O. The van der Waals surface area contributed by atoms with E-state index >= 15 is 0 Å². The highest BCUT2D eigenvalue weighted by atomic mass is 16.3. The highest BCUT2D eigenvalue weighted by Gasteiger charge is 2.29. The van der Waals surface area contributed by atoms with E-state index in [1.165, 1.54) is 31.4 Å². The monoisotopic (exact) mass is 509 g/mol. The average molecular weight is 510 g/mol. The zero-order valence-corrected chi connectivity index (χ0v) is 22.5. The summed E-state index contributed by atoms with van der Waals surface area (Å²) in [4.78, 5) is 7.10. The summed E-state index contributed by atoms with van der Waals surface area (Å²) in [5.74, 6) is 0.901. The van der Waals surface area contributed by atoms with E-state index in [-0.39, 0.29) is 0 Å². The molecule has 1 aliphatic carbocycles. The number of benzene rings is 2. The molecule has 198 valence electrons. The van der Waals surface area contributed by atoms with Crippen LogP contribution in [-0.4, -0.2) is 41.3 Å². The smallest absolute Gasteiger partial charge is 0.126 e. The molecule has 0 bridgehead atoms. The zero-order valence-electron chi connectivity index (χ0n) is 22.5. The highest BCUT2D eigenvalue weighted by molar-refractivity contribution is 5.67. The van der Waals surface area contributed by atoms with Crippen molar-refractivity contribution in [3.8, 4) is 17.2 Å². The minimum Gasteiger partial charge on any atom is -0.386 e. The number of anilines is 2. The van der Waals surface area contributed by atoms with E-state index in [4.69, 9.17) is 5.26 Å². The van der Waals surface area contributed by atoms with Crippen molar-refractivity contribution in [3.63, 3.8) is 0 Å². The number of hydrogen-bond acceptors (Lipinski definition) is 6. The molecule has 1 aliphatic heterocycles. The van der Waals surface area contributed by atoms with Gasteiger partial charge in [0, 0.05) is 43.1 Å². The van der Waals surface area contributed by atoms with Crippen molar-refractivity contribution in [1.29, 1.82) is 5.26 Å². The second-order valence-electron chi connectivity index (χ2n) is 11.3. The van der Waals surface area contributed by atoms with Gasteiger partial charge in [0.2, 0.25) is 0 Å². The van der Waals surface area contributed by atoms with E-state index in [9.17, 15) is 5.11 Å². The van der Waals surface area contributed by atoms with Gasteiger partial charge in [-0.3, -0.25) is 0 Å². The Morgan fingerprint density at radius 1 is 0.947 bits per heavy atom. The van der Waals surface area contributed by atoms with Gasteiger partial charge >= 0.3 is 0 Å². The van der Waals surface area contributed by atoms with Crippen molar-refractivity contribution < 1.29 is 5.11 Å². The lowest BCUT2D eigenvalue weighted by molar-refractivity contribution is 0.0786. The van der Waals surface area contributed by atoms with Crippen LogP contribution in [0.1, 0.15) is 63.5 Å². The summed E-state index contributed by atoms with van der Waals surface area (Å²) in [6, 6.07) is 23.6. The van der Waals surface area contributed by atoms with E-state index in [0.717, 1.165) is 48.4 Å². The van der Waals surface area contributed by atoms with Gasteiger partial charge in [-0.1, -0.05) is 31.0 Å². The van der Waals surface area contributed by atoms with E-state index in [2.05, 4.69) is 56.9 Å². The van der Waals surface area contributed by atoms with Gasteiger partial charge in [0.15, 0.2) is 0 Å². The van der Waals surface area contributed by atoms with Crippen LogP contribution in [-0.2, 0) is 5.60 Å². The predicted octanol–water partition coefficient (Wildman–Crippen LogP) is 5.83. The minimum atomic E-state index is -0.875. The first-order valence-corrected chi connectivity index (χ1v) is 14.0. The fraction of sp³-hybridized carbons (Fsp3) is 0.438. The topological polar surface area (TPSA) is 84.2 Å². The predicted molar refractivity (Wildman–Crippen MR) is 154 cm³/mol. The van der Waals surface area contributed by atoms with Crippen LogP contribution in [0.2, 0.25) is 0 Å². The van der Waals surface area contributed by atoms with Crippen LogP contribution in [0.3, 0.4) is 0 Å². The van der Waals surface area contributed by atoms with Crippen LogP contribution in [0.4, 0.5) is 11.5 Å². The van der Waals surface area contributed by atoms with Gasteiger partial charge < -0.3 is 20.6 Å².